The standard InChI is InChI=1S/C21H24N6O2/c1-14-15(2)26(8-7-25-9-11-29-12-10-25)20-18(14)21-23-19(24-27(21)13-22-20)16-5-3-4-6-17(16)28/h3-6,13,28H,7-12H2,1-2H3. The first-order valence-electron chi connectivity index (χ1n) is 9.92. The first-order valence-corrected chi connectivity index (χ1v) is 9.92. The van der Waals surface area contributed by atoms with Crippen LogP contribution in [0.5, 0.6) is 5.75 Å². The van der Waals surface area contributed by atoms with Crippen LogP contribution in [0.25, 0.3) is 28.1 Å². The highest BCUT2D eigenvalue weighted by molar-refractivity contribution is 5.94. The van der Waals surface area contributed by atoms with Crippen molar-refractivity contribution in [3.05, 3.63) is 41.9 Å². The van der Waals surface area contributed by atoms with Crippen LogP contribution in [0.2, 0.25) is 0 Å². The molecule has 0 bridgehead atoms. The van der Waals surface area contributed by atoms with Gasteiger partial charge in [-0.1, -0.05) is 12.1 Å². The van der Waals surface area contributed by atoms with Crippen LogP contribution in [0.15, 0.2) is 30.6 Å². The highest BCUT2D eigenvalue weighted by atomic mass is 16.5. The van der Waals surface area contributed by atoms with Crippen LogP contribution >= 0.6 is 0 Å². The summed E-state index contributed by atoms with van der Waals surface area (Å²) >= 11 is 0. The highest BCUT2D eigenvalue weighted by Crippen LogP contribution is 2.30. The van der Waals surface area contributed by atoms with E-state index < -0.39 is 0 Å². The minimum atomic E-state index is 0.170. The highest BCUT2D eigenvalue weighted by Gasteiger charge is 2.20. The molecular formula is C21H24N6O2. The first-order chi connectivity index (χ1) is 14.1. The average molecular weight is 392 g/mol. The molecule has 8 heteroatoms. The van der Waals surface area contributed by atoms with Crippen molar-refractivity contribution in [2.24, 2.45) is 0 Å². The zero-order valence-corrected chi connectivity index (χ0v) is 16.7. The summed E-state index contributed by atoms with van der Waals surface area (Å²) in [5.74, 6) is 0.666. The van der Waals surface area contributed by atoms with Crippen molar-refractivity contribution in [1.82, 2.24) is 29.0 Å². The molecule has 0 amide bonds. The quantitative estimate of drug-likeness (QED) is 0.574. The lowest BCUT2D eigenvalue weighted by Gasteiger charge is -2.26. The van der Waals surface area contributed by atoms with Crippen molar-refractivity contribution in [2.75, 3.05) is 32.8 Å². The van der Waals surface area contributed by atoms with E-state index in [2.05, 4.69) is 28.4 Å². The number of morpholine rings is 1. The van der Waals surface area contributed by atoms with E-state index in [1.165, 1.54) is 5.69 Å². The molecule has 29 heavy (non-hydrogen) atoms. The smallest absolute Gasteiger partial charge is 0.185 e. The molecule has 1 aromatic carbocycles. The number of aromatic hydroxyl groups is 1. The lowest BCUT2D eigenvalue weighted by molar-refractivity contribution is 0.0364. The number of phenols is 1. The molecule has 0 unspecified atom stereocenters. The molecule has 3 aromatic heterocycles. The van der Waals surface area contributed by atoms with Crippen molar-refractivity contribution in [1.29, 1.82) is 0 Å². The molecule has 4 aromatic rings. The number of aryl methyl sites for hydroxylation is 1. The number of ether oxygens (including phenoxy) is 1. The molecule has 1 aliphatic heterocycles. The number of hydrogen-bond donors (Lipinski definition) is 1. The van der Waals surface area contributed by atoms with Gasteiger partial charge in [-0.05, 0) is 31.5 Å². The maximum absolute atomic E-state index is 10.2. The summed E-state index contributed by atoms with van der Waals surface area (Å²) in [4.78, 5) is 11.9. The molecule has 1 saturated heterocycles. The number of para-hydroxylation sites is 1. The van der Waals surface area contributed by atoms with Gasteiger partial charge in [0.15, 0.2) is 11.5 Å². The zero-order chi connectivity index (χ0) is 20.0. The van der Waals surface area contributed by atoms with Gasteiger partial charge in [-0.25, -0.2) is 14.5 Å². The number of phenolic OH excluding ortho intramolecular Hbond substituents is 1. The zero-order valence-electron chi connectivity index (χ0n) is 16.7. The topological polar surface area (TPSA) is 80.7 Å². The molecule has 8 nitrogen and oxygen atoms in total. The molecule has 1 N–H and O–H groups in total. The normalized spacial score (nSPS) is 15.5. The van der Waals surface area contributed by atoms with Gasteiger partial charge in [0.05, 0.1) is 24.2 Å². The van der Waals surface area contributed by atoms with Crippen molar-refractivity contribution in [3.63, 3.8) is 0 Å². The third kappa shape index (κ3) is 3.04. The molecular weight excluding hydrogens is 368 g/mol. The minimum absolute atomic E-state index is 0.170. The number of benzene rings is 1. The predicted octanol–water partition coefficient (Wildman–Crippen LogP) is 2.40. The van der Waals surface area contributed by atoms with Gasteiger partial charge in [0, 0.05) is 31.9 Å². The van der Waals surface area contributed by atoms with Crippen molar-refractivity contribution in [2.45, 2.75) is 20.4 Å². The fraction of sp³-hybridized carbons (Fsp3) is 0.381. The third-order valence-electron chi connectivity index (χ3n) is 5.83. The van der Waals surface area contributed by atoms with E-state index in [1.54, 1.807) is 23.0 Å². The Morgan fingerprint density at radius 1 is 1.07 bits per heavy atom. The summed E-state index contributed by atoms with van der Waals surface area (Å²) in [6.45, 7) is 9.64. The summed E-state index contributed by atoms with van der Waals surface area (Å²) in [6.07, 6.45) is 1.71. The van der Waals surface area contributed by atoms with Gasteiger partial charge >= 0.3 is 0 Å². The molecule has 1 fully saturated rings. The van der Waals surface area contributed by atoms with Crippen LogP contribution in [-0.4, -0.2) is 67.0 Å². The maximum Gasteiger partial charge on any atom is 0.185 e. The Labute approximate surface area is 168 Å². The predicted molar refractivity (Wildman–Crippen MR) is 110 cm³/mol. The molecule has 0 saturated carbocycles. The molecule has 4 heterocycles. The van der Waals surface area contributed by atoms with E-state index >= 15 is 0 Å². The summed E-state index contributed by atoms with van der Waals surface area (Å²) in [6, 6.07) is 7.12. The van der Waals surface area contributed by atoms with Crippen LogP contribution < -0.4 is 0 Å². The molecule has 150 valence electrons. The van der Waals surface area contributed by atoms with Crippen molar-refractivity contribution >= 4 is 16.7 Å². The summed E-state index contributed by atoms with van der Waals surface area (Å²) < 4.78 is 9.42. The summed E-state index contributed by atoms with van der Waals surface area (Å²) in [5.41, 5.74) is 4.67. The lowest BCUT2D eigenvalue weighted by atomic mass is 10.2. The van der Waals surface area contributed by atoms with Gasteiger partial charge in [-0.2, -0.15) is 0 Å². The lowest BCUT2D eigenvalue weighted by Crippen LogP contribution is -2.38. The fourth-order valence-corrected chi connectivity index (χ4v) is 4.05. The molecule has 0 aliphatic carbocycles. The maximum atomic E-state index is 10.2. The Morgan fingerprint density at radius 3 is 2.66 bits per heavy atom. The number of rotatable bonds is 4. The van der Waals surface area contributed by atoms with Crippen LogP contribution in [0.3, 0.4) is 0 Å². The number of nitrogens with zero attached hydrogens (tertiary/aromatic N) is 6. The Kier molecular flexibility index (Phi) is 4.44. The van der Waals surface area contributed by atoms with Crippen LogP contribution in [0, 0.1) is 13.8 Å². The molecule has 0 atom stereocenters. The Morgan fingerprint density at radius 2 is 1.86 bits per heavy atom. The Bertz CT molecular complexity index is 1190. The third-order valence-corrected chi connectivity index (χ3v) is 5.83. The molecule has 1 aliphatic rings. The SMILES string of the molecule is Cc1c(C)n(CCN2CCOCC2)c2ncn3nc(-c4ccccc4O)nc3c12. The largest absolute Gasteiger partial charge is 0.507 e. The van der Waals surface area contributed by atoms with Crippen LogP contribution in [0.1, 0.15) is 11.3 Å². The Balaban J connectivity index is 1.57. The number of aromatic nitrogens is 5. The van der Waals surface area contributed by atoms with Crippen molar-refractivity contribution in [3.8, 4) is 17.1 Å². The second kappa shape index (κ2) is 7.13. The second-order valence-electron chi connectivity index (χ2n) is 7.48. The van der Waals surface area contributed by atoms with E-state index in [-0.39, 0.29) is 5.75 Å². The van der Waals surface area contributed by atoms with Gasteiger partial charge in [-0.15, -0.1) is 5.10 Å². The van der Waals surface area contributed by atoms with E-state index in [0.717, 1.165) is 61.6 Å². The number of hydrogen-bond acceptors (Lipinski definition) is 6. The molecule has 0 radical (unpaired) electrons. The van der Waals surface area contributed by atoms with E-state index in [1.807, 2.05) is 12.1 Å². The summed E-state index contributed by atoms with van der Waals surface area (Å²) in [7, 11) is 0. The van der Waals surface area contributed by atoms with Crippen LogP contribution in [0.4, 0.5) is 0 Å². The Hall–Kier alpha value is -2.97. The number of fused-ring (bicyclic) bond motifs is 3. The van der Waals surface area contributed by atoms with Crippen LogP contribution in [-0.2, 0) is 11.3 Å². The van der Waals surface area contributed by atoms with E-state index in [9.17, 15) is 5.11 Å². The second-order valence-corrected chi connectivity index (χ2v) is 7.48. The summed E-state index contributed by atoms with van der Waals surface area (Å²) in [5, 5.41) is 15.7. The van der Waals surface area contributed by atoms with E-state index in [4.69, 9.17) is 14.7 Å². The van der Waals surface area contributed by atoms with Crippen molar-refractivity contribution < 1.29 is 9.84 Å². The molecule has 0 spiro atoms. The van der Waals surface area contributed by atoms with Gasteiger partial charge in [0.25, 0.3) is 0 Å². The minimum Gasteiger partial charge on any atom is -0.507 e. The van der Waals surface area contributed by atoms with Gasteiger partial charge in [0.2, 0.25) is 0 Å². The van der Waals surface area contributed by atoms with Gasteiger partial charge < -0.3 is 14.4 Å². The fourth-order valence-electron chi connectivity index (χ4n) is 4.05. The monoisotopic (exact) mass is 392 g/mol. The first kappa shape index (κ1) is 18.1. The van der Waals surface area contributed by atoms with Gasteiger partial charge in [-0.3, -0.25) is 4.90 Å². The van der Waals surface area contributed by atoms with Gasteiger partial charge in [0.1, 0.15) is 17.7 Å². The van der Waals surface area contributed by atoms with E-state index in [0.29, 0.717) is 11.4 Å². The average Bonchev–Trinajstić information content (AvgIpc) is 3.27. The molecule has 5 rings (SSSR count).